The van der Waals surface area contributed by atoms with Crippen LogP contribution in [-0.2, 0) is 10.0 Å². The Morgan fingerprint density at radius 1 is 1.38 bits per heavy atom. The van der Waals surface area contributed by atoms with E-state index in [9.17, 15) is 8.42 Å². The Bertz CT molecular complexity index is 704. The van der Waals surface area contributed by atoms with E-state index >= 15 is 0 Å². The van der Waals surface area contributed by atoms with Gasteiger partial charge in [0, 0.05) is 17.6 Å². The van der Waals surface area contributed by atoms with Gasteiger partial charge in [-0.05, 0) is 25.7 Å². The minimum absolute atomic E-state index is 0.0534. The maximum absolute atomic E-state index is 12.6. The molecule has 0 aliphatic rings. The number of sulfonamides is 1. The Balaban J connectivity index is 2.27. The lowest BCUT2D eigenvalue weighted by Crippen LogP contribution is -2.34. The highest BCUT2D eigenvalue weighted by Crippen LogP contribution is 2.25. The molecular formula is C12H21N5O2S2. The predicted molar refractivity (Wildman–Crippen MR) is 84.7 cm³/mol. The second kappa shape index (κ2) is 6.30. The summed E-state index contributed by atoms with van der Waals surface area (Å²) in [5.41, 5.74) is 2.36. The molecule has 0 saturated heterocycles. The van der Waals surface area contributed by atoms with E-state index in [-0.39, 0.29) is 16.9 Å². The van der Waals surface area contributed by atoms with Crippen molar-refractivity contribution in [2.24, 2.45) is 11.8 Å². The van der Waals surface area contributed by atoms with Gasteiger partial charge in [0.2, 0.25) is 5.03 Å². The molecule has 0 fully saturated rings. The monoisotopic (exact) mass is 331 g/mol. The summed E-state index contributed by atoms with van der Waals surface area (Å²) in [6, 6.07) is -0.146. The van der Waals surface area contributed by atoms with Crippen LogP contribution in [0.25, 0.3) is 4.96 Å². The van der Waals surface area contributed by atoms with Crippen molar-refractivity contribution in [1.29, 1.82) is 0 Å². The molecule has 7 nitrogen and oxygen atoms in total. The van der Waals surface area contributed by atoms with Crippen molar-refractivity contribution in [3.05, 3.63) is 11.6 Å². The van der Waals surface area contributed by atoms with Crippen molar-refractivity contribution >= 4 is 32.1 Å². The van der Waals surface area contributed by atoms with Crippen LogP contribution in [-0.4, -0.2) is 23.8 Å². The molecular weight excluding hydrogens is 310 g/mol. The second-order valence-corrected chi connectivity index (χ2v) is 7.96. The number of hydrogen-bond acceptors (Lipinski definition) is 6. The lowest BCUT2D eigenvalue weighted by molar-refractivity contribution is 0.484. The highest BCUT2D eigenvalue weighted by Gasteiger charge is 2.27. The molecule has 0 aliphatic carbocycles. The lowest BCUT2D eigenvalue weighted by atomic mass is 10.1. The van der Waals surface area contributed by atoms with E-state index < -0.39 is 10.0 Å². The van der Waals surface area contributed by atoms with E-state index in [4.69, 9.17) is 5.84 Å². The molecule has 2 aromatic heterocycles. The largest absolute Gasteiger partial charge is 0.306 e. The number of nitrogens with zero attached hydrogens (tertiary/aromatic N) is 2. The topological polar surface area (TPSA) is 102 Å². The van der Waals surface area contributed by atoms with Crippen molar-refractivity contribution in [3.63, 3.8) is 0 Å². The Morgan fingerprint density at radius 3 is 2.71 bits per heavy atom. The number of nitrogens with one attached hydrogen (secondary N) is 2. The second-order valence-electron chi connectivity index (χ2n) is 5.46. The molecule has 4 N–H and O–H groups in total. The summed E-state index contributed by atoms with van der Waals surface area (Å²) in [7, 11) is -3.69. The van der Waals surface area contributed by atoms with Gasteiger partial charge in [0.1, 0.15) is 0 Å². The molecule has 1 atom stereocenters. The average molecular weight is 331 g/mol. The van der Waals surface area contributed by atoms with Gasteiger partial charge in [0.05, 0.1) is 0 Å². The molecule has 0 saturated carbocycles. The van der Waals surface area contributed by atoms with E-state index in [1.807, 2.05) is 6.92 Å². The van der Waals surface area contributed by atoms with Crippen molar-refractivity contribution in [3.8, 4) is 0 Å². The molecule has 2 aromatic rings. The third-order valence-electron chi connectivity index (χ3n) is 3.14. The molecule has 0 spiro atoms. The first-order valence-electron chi connectivity index (χ1n) is 6.79. The highest BCUT2D eigenvalue weighted by molar-refractivity contribution is 7.89. The first-order valence-corrected chi connectivity index (χ1v) is 9.16. The zero-order valence-corrected chi connectivity index (χ0v) is 14.0. The van der Waals surface area contributed by atoms with Crippen LogP contribution in [0, 0.1) is 5.92 Å². The van der Waals surface area contributed by atoms with Crippen LogP contribution in [0.1, 0.15) is 33.6 Å². The van der Waals surface area contributed by atoms with E-state index in [1.54, 1.807) is 11.6 Å². The number of rotatable bonds is 7. The third kappa shape index (κ3) is 3.54. The summed E-state index contributed by atoms with van der Waals surface area (Å²) in [4.78, 5) is 4.75. The first-order chi connectivity index (χ1) is 9.85. The molecule has 0 aliphatic heterocycles. The van der Waals surface area contributed by atoms with Gasteiger partial charge in [-0.3, -0.25) is 4.40 Å². The number of fused-ring (bicyclic) bond motifs is 1. The molecule has 0 amide bonds. The van der Waals surface area contributed by atoms with Gasteiger partial charge in [-0.25, -0.2) is 19.0 Å². The highest BCUT2D eigenvalue weighted by atomic mass is 32.2. The van der Waals surface area contributed by atoms with E-state index in [0.717, 1.165) is 12.8 Å². The zero-order valence-electron chi connectivity index (χ0n) is 12.3. The van der Waals surface area contributed by atoms with Gasteiger partial charge in [0.15, 0.2) is 10.8 Å². The summed E-state index contributed by atoms with van der Waals surface area (Å²) in [6.07, 6.45) is 3.42. The van der Waals surface area contributed by atoms with Gasteiger partial charge < -0.3 is 5.43 Å². The Hall–Kier alpha value is -1.16. The maximum Gasteiger partial charge on any atom is 0.260 e. The summed E-state index contributed by atoms with van der Waals surface area (Å²) in [5.74, 6) is 6.08. The zero-order chi connectivity index (χ0) is 15.6. The summed E-state index contributed by atoms with van der Waals surface area (Å²) < 4.78 is 29.4. The first kappa shape index (κ1) is 16.2. The van der Waals surface area contributed by atoms with Crippen LogP contribution in [0.2, 0.25) is 0 Å². The van der Waals surface area contributed by atoms with Crippen LogP contribution in [0.3, 0.4) is 0 Å². The molecule has 0 radical (unpaired) electrons. The van der Waals surface area contributed by atoms with Gasteiger partial charge >= 0.3 is 0 Å². The maximum atomic E-state index is 12.6. The number of aromatic nitrogens is 2. The molecule has 9 heteroatoms. The molecule has 118 valence electrons. The molecule has 21 heavy (non-hydrogen) atoms. The number of thiazole rings is 1. The average Bonchev–Trinajstić information content (AvgIpc) is 2.94. The molecule has 2 heterocycles. The fraction of sp³-hybridized carbons (Fsp3) is 0.583. The fourth-order valence-electron chi connectivity index (χ4n) is 2.08. The van der Waals surface area contributed by atoms with Crippen LogP contribution >= 0.6 is 11.3 Å². The van der Waals surface area contributed by atoms with Crippen molar-refractivity contribution < 1.29 is 8.42 Å². The van der Waals surface area contributed by atoms with E-state index in [0.29, 0.717) is 10.9 Å². The minimum Gasteiger partial charge on any atom is -0.306 e. The summed E-state index contributed by atoms with van der Waals surface area (Å²) in [6.45, 7) is 6.09. The van der Waals surface area contributed by atoms with Gasteiger partial charge in [-0.15, -0.1) is 11.3 Å². The Kier molecular flexibility index (Phi) is 4.87. The number of hydrazine groups is 1. The number of imidazole rings is 1. The van der Waals surface area contributed by atoms with Crippen molar-refractivity contribution in [2.45, 2.75) is 44.7 Å². The Labute approximate surface area is 128 Å². The number of nitrogen functional groups attached to an aromatic ring is 1. The SMILES string of the molecule is CC(C)CCC(C)NS(=O)(=O)c1c(NN)nc2sccn12. The van der Waals surface area contributed by atoms with Gasteiger partial charge in [-0.2, -0.15) is 4.98 Å². The van der Waals surface area contributed by atoms with Crippen LogP contribution in [0.15, 0.2) is 16.6 Å². The third-order valence-corrected chi connectivity index (χ3v) is 5.51. The van der Waals surface area contributed by atoms with Crippen LogP contribution in [0.5, 0.6) is 0 Å². The molecule has 0 bridgehead atoms. The lowest BCUT2D eigenvalue weighted by Gasteiger charge is -2.15. The summed E-state index contributed by atoms with van der Waals surface area (Å²) >= 11 is 1.35. The van der Waals surface area contributed by atoms with Gasteiger partial charge in [-0.1, -0.05) is 13.8 Å². The number of anilines is 1. The smallest absolute Gasteiger partial charge is 0.260 e. The van der Waals surface area contributed by atoms with Crippen molar-refractivity contribution in [2.75, 3.05) is 5.43 Å². The van der Waals surface area contributed by atoms with Crippen LogP contribution < -0.4 is 16.0 Å². The quantitative estimate of drug-likeness (QED) is 0.530. The molecule has 2 rings (SSSR count). The summed E-state index contributed by atoms with van der Waals surface area (Å²) in [5, 5.41) is 1.83. The van der Waals surface area contributed by atoms with Crippen molar-refractivity contribution in [1.82, 2.24) is 14.1 Å². The van der Waals surface area contributed by atoms with Gasteiger partial charge in [0.25, 0.3) is 10.0 Å². The minimum atomic E-state index is -3.69. The molecule has 1 unspecified atom stereocenters. The van der Waals surface area contributed by atoms with E-state index in [1.165, 1.54) is 15.7 Å². The fourth-order valence-corrected chi connectivity index (χ4v) is 4.38. The Morgan fingerprint density at radius 2 is 2.10 bits per heavy atom. The number of nitrogens with two attached hydrogens (primary N) is 1. The predicted octanol–water partition coefficient (Wildman–Crippen LogP) is 1.78. The van der Waals surface area contributed by atoms with Crippen LogP contribution in [0.4, 0.5) is 5.82 Å². The van der Waals surface area contributed by atoms with E-state index in [2.05, 4.69) is 29.0 Å². The normalized spacial score (nSPS) is 14.0. The number of hydrogen-bond donors (Lipinski definition) is 3. The molecule has 0 aromatic carbocycles. The standard InChI is InChI=1S/C12H21N5O2S2/c1-8(2)4-5-9(3)16-21(18,19)11-10(15-13)14-12-17(11)6-7-20-12/h6-9,15-16H,4-5,13H2,1-3H3.